The summed E-state index contributed by atoms with van der Waals surface area (Å²) in [5.74, 6) is 0.0652. The van der Waals surface area contributed by atoms with Crippen molar-refractivity contribution < 1.29 is 19.1 Å². The predicted molar refractivity (Wildman–Crippen MR) is 127 cm³/mol. The molecule has 0 aliphatic heterocycles. The standard InChI is InChI=1S/C25H20ClN3O4/c1-32-23-8-3-2-7-22(23)29-25(31)18(15-27)13-17-9-11-21(12-10-17)33-16-24(30)28-20-6-4-5-19(26)14-20/h2-14H,16H2,1H3,(H,28,30)(H,29,31)/b18-13+. The van der Waals surface area contributed by atoms with Gasteiger partial charge >= 0.3 is 0 Å². The van der Waals surface area contributed by atoms with Crippen LogP contribution < -0.4 is 20.1 Å². The highest BCUT2D eigenvalue weighted by molar-refractivity contribution is 6.30. The molecule has 166 valence electrons. The highest BCUT2D eigenvalue weighted by Gasteiger charge is 2.12. The average molecular weight is 462 g/mol. The van der Waals surface area contributed by atoms with Crippen LogP contribution in [0.5, 0.6) is 11.5 Å². The Morgan fingerprint density at radius 1 is 1.03 bits per heavy atom. The van der Waals surface area contributed by atoms with Gasteiger partial charge in [-0.3, -0.25) is 9.59 Å². The number of benzene rings is 3. The van der Waals surface area contributed by atoms with Crippen molar-refractivity contribution in [2.75, 3.05) is 24.4 Å². The minimum absolute atomic E-state index is 0.0736. The van der Waals surface area contributed by atoms with Gasteiger partial charge in [-0.25, -0.2) is 0 Å². The van der Waals surface area contributed by atoms with Gasteiger partial charge in [-0.2, -0.15) is 5.26 Å². The number of carbonyl (C=O) groups excluding carboxylic acids is 2. The molecule has 3 aromatic rings. The summed E-state index contributed by atoms with van der Waals surface area (Å²) < 4.78 is 10.7. The predicted octanol–water partition coefficient (Wildman–Crippen LogP) is 4.91. The summed E-state index contributed by atoms with van der Waals surface area (Å²) in [6.45, 7) is -0.188. The maximum Gasteiger partial charge on any atom is 0.266 e. The molecule has 3 aromatic carbocycles. The molecule has 2 N–H and O–H groups in total. The Labute approximate surface area is 196 Å². The number of rotatable bonds is 8. The zero-order valence-corrected chi connectivity index (χ0v) is 18.4. The van der Waals surface area contributed by atoms with E-state index < -0.39 is 5.91 Å². The fraction of sp³-hybridized carbons (Fsp3) is 0.0800. The molecule has 0 saturated carbocycles. The summed E-state index contributed by atoms with van der Waals surface area (Å²) >= 11 is 5.90. The Balaban J connectivity index is 1.59. The number of hydrogen-bond acceptors (Lipinski definition) is 5. The first kappa shape index (κ1) is 23.4. The van der Waals surface area contributed by atoms with Gasteiger partial charge in [0.15, 0.2) is 6.61 Å². The first-order valence-corrected chi connectivity index (χ1v) is 10.2. The van der Waals surface area contributed by atoms with E-state index in [4.69, 9.17) is 21.1 Å². The normalized spacial score (nSPS) is 10.6. The van der Waals surface area contributed by atoms with E-state index in [9.17, 15) is 14.9 Å². The number of methoxy groups -OCH3 is 1. The lowest BCUT2D eigenvalue weighted by atomic mass is 10.1. The van der Waals surface area contributed by atoms with Gasteiger partial charge in [-0.15, -0.1) is 0 Å². The third kappa shape index (κ3) is 6.86. The van der Waals surface area contributed by atoms with E-state index in [0.29, 0.717) is 33.5 Å². The fourth-order valence-corrected chi connectivity index (χ4v) is 3.02. The molecule has 0 spiro atoms. The van der Waals surface area contributed by atoms with Gasteiger partial charge in [0.05, 0.1) is 12.8 Å². The van der Waals surface area contributed by atoms with Crippen LogP contribution in [-0.4, -0.2) is 25.5 Å². The van der Waals surface area contributed by atoms with Crippen molar-refractivity contribution in [1.82, 2.24) is 0 Å². The third-order valence-corrected chi connectivity index (χ3v) is 4.62. The van der Waals surface area contributed by atoms with E-state index in [-0.39, 0.29) is 18.1 Å². The van der Waals surface area contributed by atoms with Crippen LogP contribution in [0.2, 0.25) is 5.02 Å². The Morgan fingerprint density at radius 2 is 1.79 bits per heavy atom. The molecule has 0 bridgehead atoms. The van der Waals surface area contributed by atoms with Gasteiger partial charge in [0, 0.05) is 10.7 Å². The van der Waals surface area contributed by atoms with Gasteiger partial charge in [0.2, 0.25) is 0 Å². The van der Waals surface area contributed by atoms with Crippen molar-refractivity contribution >= 4 is 40.9 Å². The Hall–Kier alpha value is -4.28. The fourth-order valence-electron chi connectivity index (χ4n) is 2.83. The van der Waals surface area contributed by atoms with Gasteiger partial charge in [0.1, 0.15) is 23.1 Å². The van der Waals surface area contributed by atoms with Crippen molar-refractivity contribution in [3.05, 3.63) is 89.0 Å². The monoisotopic (exact) mass is 461 g/mol. The van der Waals surface area contributed by atoms with Crippen LogP contribution in [0.25, 0.3) is 6.08 Å². The van der Waals surface area contributed by atoms with Gasteiger partial charge < -0.3 is 20.1 Å². The zero-order chi connectivity index (χ0) is 23.6. The molecule has 0 heterocycles. The highest BCUT2D eigenvalue weighted by Crippen LogP contribution is 2.24. The molecule has 0 atom stereocenters. The topological polar surface area (TPSA) is 100 Å². The molecule has 0 saturated heterocycles. The summed E-state index contributed by atoms with van der Waals surface area (Å²) in [5.41, 5.74) is 1.59. The van der Waals surface area contributed by atoms with E-state index in [0.717, 1.165) is 0 Å². The molecule has 33 heavy (non-hydrogen) atoms. The smallest absolute Gasteiger partial charge is 0.266 e. The molecule has 3 rings (SSSR count). The van der Waals surface area contributed by atoms with Crippen molar-refractivity contribution in [3.63, 3.8) is 0 Å². The molecule has 0 fully saturated rings. The van der Waals surface area contributed by atoms with Gasteiger partial charge in [-0.1, -0.05) is 41.9 Å². The quantitative estimate of drug-likeness (QED) is 0.366. The molecule has 0 aliphatic rings. The Bertz CT molecular complexity index is 1220. The van der Waals surface area contributed by atoms with E-state index in [2.05, 4.69) is 10.6 Å². The van der Waals surface area contributed by atoms with Crippen molar-refractivity contribution in [2.24, 2.45) is 0 Å². The number of nitrogens with one attached hydrogen (secondary N) is 2. The Morgan fingerprint density at radius 3 is 2.48 bits per heavy atom. The number of amides is 2. The summed E-state index contributed by atoms with van der Waals surface area (Å²) in [7, 11) is 1.50. The van der Waals surface area contributed by atoms with Crippen molar-refractivity contribution in [3.8, 4) is 17.6 Å². The second-order valence-electron chi connectivity index (χ2n) is 6.74. The number of hydrogen-bond donors (Lipinski definition) is 2. The van der Waals surface area contributed by atoms with E-state index in [1.54, 1.807) is 72.8 Å². The van der Waals surface area contributed by atoms with Gasteiger partial charge in [-0.05, 0) is 54.1 Å². The minimum Gasteiger partial charge on any atom is -0.495 e. The minimum atomic E-state index is -0.556. The first-order valence-electron chi connectivity index (χ1n) is 9.83. The lowest BCUT2D eigenvalue weighted by Gasteiger charge is -2.09. The first-order chi connectivity index (χ1) is 16.0. The molecule has 0 unspecified atom stereocenters. The number of nitriles is 1. The number of carbonyl (C=O) groups is 2. The van der Waals surface area contributed by atoms with E-state index >= 15 is 0 Å². The zero-order valence-electron chi connectivity index (χ0n) is 17.7. The van der Waals surface area contributed by atoms with E-state index in [1.165, 1.54) is 13.2 Å². The van der Waals surface area contributed by atoms with Crippen molar-refractivity contribution in [2.45, 2.75) is 0 Å². The maximum absolute atomic E-state index is 12.5. The third-order valence-electron chi connectivity index (χ3n) is 4.39. The molecule has 0 aliphatic carbocycles. The lowest BCUT2D eigenvalue weighted by Crippen LogP contribution is -2.20. The summed E-state index contributed by atoms with van der Waals surface area (Å²) in [5, 5.41) is 15.3. The highest BCUT2D eigenvalue weighted by atomic mass is 35.5. The van der Waals surface area contributed by atoms with Crippen LogP contribution in [0.4, 0.5) is 11.4 Å². The number of ether oxygens (including phenoxy) is 2. The number of anilines is 2. The van der Waals surface area contributed by atoms with Crippen LogP contribution in [-0.2, 0) is 9.59 Å². The molecule has 2 amide bonds. The summed E-state index contributed by atoms with van der Waals surface area (Å²) in [6, 6.07) is 22.3. The largest absolute Gasteiger partial charge is 0.495 e. The average Bonchev–Trinajstić information content (AvgIpc) is 2.82. The second-order valence-corrected chi connectivity index (χ2v) is 7.18. The van der Waals surface area contributed by atoms with Crippen molar-refractivity contribution in [1.29, 1.82) is 5.26 Å². The molecule has 8 heteroatoms. The molecular formula is C25H20ClN3O4. The second kappa shape index (κ2) is 11.4. The van der Waals surface area contributed by atoms with Crippen LogP contribution >= 0.6 is 11.6 Å². The SMILES string of the molecule is COc1ccccc1NC(=O)/C(C#N)=C/c1ccc(OCC(=O)Nc2cccc(Cl)c2)cc1. The Kier molecular flexibility index (Phi) is 8.06. The lowest BCUT2D eigenvalue weighted by molar-refractivity contribution is -0.118. The maximum atomic E-state index is 12.5. The van der Waals surface area contributed by atoms with E-state index in [1.807, 2.05) is 6.07 Å². The number of halogens is 1. The van der Waals surface area contributed by atoms with Gasteiger partial charge in [0.25, 0.3) is 11.8 Å². The number of nitrogens with zero attached hydrogens (tertiary/aromatic N) is 1. The summed E-state index contributed by atoms with van der Waals surface area (Å²) in [4.78, 5) is 24.5. The number of para-hydroxylation sites is 2. The van der Waals surface area contributed by atoms with Crippen LogP contribution in [0.3, 0.4) is 0 Å². The van der Waals surface area contributed by atoms with Crippen LogP contribution in [0, 0.1) is 11.3 Å². The van der Waals surface area contributed by atoms with Crippen LogP contribution in [0.1, 0.15) is 5.56 Å². The molecule has 7 nitrogen and oxygen atoms in total. The molecule has 0 radical (unpaired) electrons. The van der Waals surface area contributed by atoms with Crippen LogP contribution in [0.15, 0.2) is 78.4 Å². The molecular weight excluding hydrogens is 442 g/mol. The summed E-state index contributed by atoms with van der Waals surface area (Å²) in [6.07, 6.45) is 1.46. The molecule has 0 aromatic heterocycles.